The number of primary amides is 1. The van der Waals surface area contributed by atoms with Crippen LogP contribution in [0.3, 0.4) is 0 Å². The molecule has 0 heterocycles. The van der Waals surface area contributed by atoms with Gasteiger partial charge in [-0.2, -0.15) is 5.26 Å². The van der Waals surface area contributed by atoms with Crippen molar-refractivity contribution < 1.29 is 19.1 Å². The van der Waals surface area contributed by atoms with Gasteiger partial charge < -0.3 is 15.8 Å². The summed E-state index contributed by atoms with van der Waals surface area (Å²) in [6.07, 6.45) is 1.07. The predicted octanol–water partition coefficient (Wildman–Crippen LogP) is 1.56. The smallest absolute Gasteiger partial charge is 0.306 e. The lowest BCUT2D eigenvalue weighted by Gasteiger charge is -2.10. The van der Waals surface area contributed by atoms with E-state index in [4.69, 9.17) is 15.7 Å². The Morgan fingerprint density at radius 2 is 2.08 bits per heavy atom. The van der Waals surface area contributed by atoms with Gasteiger partial charge in [0.05, 0.1) is 17.2 Å². The van der Waals surface area contributed by atoms with Crippen LogP contribution in [0.2, 0.25) is 0 Å². The molecular formula is C16H19N3O4S. The van der Waals surface area contributed by atoms with Crippen molar-refractivity contribution in [2.24, 2.45) is 5.73 Å². The molecule has 0 saturated heterocycles. The first kappa shape index (κ1) is 19.5. The molecule has 0 aromatic heterocycles. The van der Waals surface area contributed by atoms with Gasteiger partial charge in [-0.05, 0) is 24.6 Å². The SMILES string of the molecule is CCCC(=O)OCSc1ccc(C#N)cc1C(=O)NCCC(N)=O. The number of thioether (sulfide) groups is 1. The Morgan fingerprint density at radius 1 is 1.33 bits per heavy atom. The van der Waals surface area contributed by atoms with Gasteiger partial charge in [-0.25, -0.2) is 0 Å². The lowest BCUT2D eigenvalue weighted by Crippen LogP contribution is -2.28. The molecule has 0 radical (unpaired) electrons. The Bertz CT molecular complexity index is 655. The number of carbonyl (C=O) groups is 3. The summed E-state index contributed by atoms with van der Waals surface area (Å²) in [5, 5.41) is 11.5. The number of carbonyl (C=O) groups excluding carboxylic acids is 3. The second kappa shape index (κ2) is 10.3. The first-order valence-electron chi connectivity index (χ1n) is 7.37. The normalized spacial score (nSPS) is 9.83. The molecular weight excluding hydrogens is 330 g/mol. The van der Waals surface area contributed by atoms with E-state index in [9.17, 15) is 14.4 Å². The lowest BCUT2D eigenvalue weighted by molar-refractivity contribution is -0.141. The molecule has 0 unspecified atom stereocenters. The molecule has 2 amide bonds. The molecule has 128 valence electrons. The zero-order valence-corrected chi connectivity index (χ0v) is 14.1. The monoisotopic (exact) mass is 349 g/mol. The van der Waals surface area contributed by atoms with E-state index in [0.717, 1.165) is 0 Å². The molecule has 3 N–H and O–H groups in total. The van der Waals surface area contributed by atoms with Crippen molar-refractivity contribution in [1.82, 2.24) is 5.32 Å². The third-order valence-electron chi connectivity index (χ3n) is 2.90. The van der Waals surface area contributed by atoms with Gasteiger partial charge in [0.15, 0.2) is 0 Å². The summed E-state index contributed by atoms with van der Waals surface area (Å²) in [4.78, 5) is 34.9. The third kappa shape index (κ3) is 6.71. The Kier molecular flexibility index (Phi) is 8.36. The molecule has 0 fully saturated rings. The summed E-state index contributed by atoms with van der Waals surface area (Å²) in [6, 6.07) is 6.62. The fourth-order valence-corrected chi connectivity index (χ4v) is 2.52. The van der Waals surface area contributed by atoms with Crippen LogP contribution < -0.4 is 11.1 Å². The number of amides is 2. The molecule has 8 heteroatoms. The van der Waals surface area contributed by atoms with Crippen LogP contribution >= 0.6 is 11.8 Å². The number of esters is 1. The van der Waals surface area contributed by atoms with Crippen molar-refractivity contribution >= 4 is 29.5 Å². The molecule has 0 aliphatic rings. The van der Waals surface area contributed by atoms with Crippen LogP contribution in [0.25, 0.3) is 0 Å². The zero-order chi connectivity index (χ0) is 17.9. The van der Waals surface area contributed by atoms with Crippen LogP contribution in [0.4, 0.5) is 0 Å². The van der Waals surface area contributed by atoms with E-state index < -0.39 is 11.8 Å². The molecule has 0 aliphatic heterocycles. The number of nitrogens with two attached hydrogens (primary N) is 1. The highest BCUT2D eigenvalue weighted by atomic mass is 32.2. The second-order valence-electron chi connectivity index (χ2n) is 4.82. The molecule has 0 spiro atoms. The summed E-state index contributed by atoms with van der Waals surface area (Å²) in [5.41, 5.74) is 5.65. The maximum Gasteiger partial charge on any atom is 0.306 e. The first-order valence-corrected chi connectivity index (χ1v) is 8.35. The van der Waals surface area contributed by atoms with Crippen LogP contribution in [0.15, 0.2) is 23.1 Å². The summed E-state index contributed by atoms with van der Waals surface area (Å²) in [5.74, 6) is -1.16. The quantitative estimate of drug-likeness (QED) is 0.396. The van der Waals surface area contributed by atoms with Gasteiger partial charge >= 0.3 is 5.97 Å². The first-order chi connectivity index (χ1) is 11.5. The Labute approximate surface area is 144 Å². The van der Waals surface area contributed by atoms with Crippen LogP contribution in [0.5, 0.6) is 0 Å². The summed E-state index contributed by atoms with van der Waals surface area (Å²) in [6.45, 7) is 1.99. The Morgan fingerprint density at radius 3 is 2.71 bits per heavy atom. The highest BCUT2D eigenvalue weighted by Crippen LogP contribution is 2.24. The largest absolute Gasteiger partial charge is 0.454 e. The number of ether oxygens (including phenoxy) is 1. The zero-order valence-electron chi connectivity index (χ0n) is 13.3. The number of nitriles is 1. The van der Waals surface area contributed by atoms with Crippen molar-refractivity contribution in [1.29, 1.82) is 5.26 Å². The number of hydrogen-bond donors (Lipinski definition) is 2. The minimum absolute atomic E-state index is 0.0286. The second-order valence-corrected chi connectivity index (χ2v) is 5.79. The maximum absolute atomic E-state index is 12.2. The van der Waals surface area contributed by atoms with E-state index in [1.54, 1.807) is 12.1 Å². The fraction of sp³-hybridized carbons (Fsp3) is 0.375. The van der Waals surface area contributed by atoms with Gasteiger partial charge in [0.25, 0.3) is 5.91 Å². The Balaban J connectivity index is 2.76. The summed E-state index contributed by atoms with van der Waals surface area (Å²) in [7, 11) is 0. The topological polar surface area (TPSA) is 122 Å². The van der Waals surface area contributed by atoms with Crippen molar-refractivity contribution in [3.05, 3.63) is 29.3 Å². The summed E-state index contributed by atoms with van der Waals surface area (Å²) >= 11 is 1.18. The third-order valence-corrected chi connectivity index (χ3v) is 3.80. The molecule has 1 aromatic carbocycles. The number of nitrogens with one attached hydrogen (secondary N) is 1. The molecule has 1 aromatic rings. The van der Waals surface area contributed by atoms with Crippen LogP contribution in [0, 0.1) is 11.3 Å². The molecule has 1 rings (SSSR count). The van der Waals surface area contributed by atoms with Crippen LogP contribution in [0.1, 0.15) is 42.1 Å². The van der Waals surface area contributed by atoms with Gasteiger partial charge in [-0.15, -0.1) is 0 Å². The number of rotatable bonds is 9. The molecule has 0 saturated carbocycles. The molecule has 0 aliphatic carbocycles. The molecule has 0 bridgehead atoms. The average molecular weight is 349 g/mol. The standard InChI is InChI=1S/C16H19N3O4S/c1-2-3-15(21)23-10-24-13-5-4-11(9-17)8-12(13)16(22)19-7-6-14(18)20/h4-5,8H,2-3,6-7,10H2,1H3,(H2,18,20)(H,19,22). The van der Waals surface area contributed by atoms with Crippen LogP contribution in [-0.2, 0) is 14.3 Å². The van der Waals surface area contributed by atoms with E-state index >= 15 is 0 Å². The highest BCUT2D eigenvalue weighted by Gasteiger charge is 2.14. The van der Waals surface area contributed by atoms with Gasteiger partial charge in [-0.3, -0.25) is 14.4 Å². The van der Waals surface area contributed by atoms with E-state index in [-0.39, 0.29) is 30.4 Å². The maximum atomic E-state index is 12.2. The molecule has 7 nitrogen and oxygen atoms in total. The van der Waals surface area contributed by atoms with Crippen LogP contribution in [-0.4, -0.2) is 30.3 Å². The van der Waals surface area contributed by atoms with Crippen molar-refractivity contribution in [2.45, 2.75) is 31.1 Å². The van der Waals surface area contributed by atoms with Gasteiger partial charge in [-0.1, -0.05) is 18.7 Å². The minimum Gasteiger partial charge on any atom is -0.454 e. The lowest BCUT2D eigenvalue weighted by atomic mass is 10.1. The molecule has 0 atom stereocenters. The Hall–Kier alpha value is -2.53. The fourth-order valence-electron chi connectivity index (χ4n) is 1.73. The molecule has 24 heavy (non-hydrogen) atoms. The van der Waals surface area contributed by atoms with Crippen molar-refractivity contribution in [3.63, 3.8) is 0 Å². The average Bonchev–Trinajstić information content (AvgIpc) is 2.54. The van der Waals surface area contributed by atoms with E-state index in [2.05, 4.69) is 5.32 Å². The van der Waals surface area contributed by atoms with E-state index in [1.165, 1.54) is 17.8 Å². The van der Waals surface area contributed by atoms with E-state index in [1.807, 2.05) is 13.0 Å². The van der Waals surface area contributed by atoms with Gasteiger partial charge in [0.1, 0.15) is 5.94 Å². The van der Waals surface area contributed by atoms with E-state index in [0.29, 0.717) is 23.3 Å². The van der Waals surface area contributed by atoms with Gasteiger partial charge in [0.2, 0.25) is 5.91 Å². The van der Waals surface area contributed by atoms with Crippen molar-refractivity contribution in [3.8, 4) is 6.07 Å². The minimum atomic E-state index is -0.515. The predicted molar refractivity (Wildman–Crippen MR) is 89.0 cm³/mol. The number of hydrogen-bond acceptors (Lipinski definition) is 6. The summed E-state index contributed by atoms with van der Waals surface area (Å²) < 4.78 is 5.06. The highest BCUT2D eigenvalue weighted by molar-refractivity contribution is 7.99. The van der Waals surface area contributed by atoms with Gasteiger partial charge in [0, 0.05) is 24.3 Å². The van der Waals surface area contributed by atoms with Crippen molar-refractivity contribution in [2.75, 3.05) is 12.5 Å². The number of nitrogens with zero attached hydrogens (tertiary/aromatic N) is 1. The number of benzene rings is 1.